The quantitative estimate of drug-likeness (QED) is 0.0205. The van der Waals surface area contributed by atoms with Gasteiger partial charge < -0.3 is 19.4 Å². The predicted octanol–water partition coefficient (Wildman–Crippen LogP) is 22.9. The van der Waals surface area contributed by atoms with Crippen LogP contribution in [0.1, 0.15) is 329 Å². The Labute approximate surface area is 526 Å². The van der Waals surface area contributed by atoms with Crippen LogP contribution in [-0.4, -0.2) is 74.3 Å². The van der Waals surface area contributed by atoms with Crippen LogP contribution in [0.5, 0.6) is 0 Å². The van der Waals surface area contributed by atoms with Crippen molar-refractivity contribution in [1.82, 2.24) is 5.32 Å². The largest absolute Gasteiger partial charge is 0.472 e. The molecule has 0 aliphatic carbocycles. The van der Waals surface area contributed by atoms with Crippen LogP contribution in [0.25, 0.3) is 0 Å². The fraction of sp³-hybridized carbons (Fsp3) is 0.787. The van der Waals surface area contributed by atoms with Crippen LogP contribution in [0, 0.1) is 0 Å². The molecule has 10 heteroatoms. The first-order valence-electron chi connectivity index (χ1n) is 35.9. The molecule has 0 heterocycles. The summed E-state index contributed by atoms with van der Waals surface area (Å²) in [5.74, 6) is -0.513. The molecule has 0 fully saturated rings. The zero-order valence-corrected chi connectivity index (χ0v) is 57.5. The van der Waals surface area contributed by atoms with Crippen LogP contribution in [0.2, 0.25) is 0 Å². The molecule has 0 aliphatic heterocycles. The highest BCUT2D eigenvalue weighted by Gasteiger charge is 2.30. The van der Waals surface area contributed by atoms with E-state index in [1.54, 1.807) is 0 Å². The highest BCUT2D eigenvalue weighted by atomic mass is 31.2. The number of nitrogens with one attached hydrogen (secondary N) is 1. The van der Waals surface area contributed by atoms with Crippen LogP contribution in [0.15, 0.2) is 85.1 Å². The Morgan fingerprint density at radius 2 is 0.718 bits per heavy atom. The second-order valence-electron chi connectivity index (χ2n) is 25.4. The number of allylic oxidation sites excluding steroid dienone is 13. The van der Waals surface area contributed by atoms with Gasteiger partial charge in [-0.3, -0.25) is 18.6 Å². The van der Waals surface area contributed by atoms with Crippen molar-refractivity contribution in [3.63, 3.8) is 0 Å². The Bertz CT molecular complexity index is 1730. The van der Waals surface area contributed by atoms with Crippen LogP contribution < -0.4 is 5.32 Å². The maximum absolute atomic E-state index is 13.6. The van der Waals surface area contributed by atoms with Gasteiger partial charge in [0.05, 0.1) is 33.8 Å². The fourth-order valence-corrected chi connectivity index (χ4v) is 11.0. The molecular weight excluding hydrogens is 1070 g/mol. The lowest BCUT2D eigenvalue weighted by Gasteiger charge is -2.27. The number of phosphoric ester groups is 1. The van der Waals surface area contributed by atoms with Gasteiger partial charge in [0.2, 0.25) is 5.91 Å². The summed E-state index contributed by atoms with van der Waals surface area (Å²) in [6.45, 7) is 6.98. The molecule has 3 unspecified atom stereocenters. The normalized spacial score (nSPS) is 14.0. The Hall–Kier alpha value is -2.81. The topological polar surface area (TPSA) is 111 Å². The molecule has 0 saturated carbocycles. The van der Waals surface area contributed by atoms with Crippen molar-refractivity contribution in [2.45, 2.75) is 341 Å². The van der Waals surface area contributed by atoms with E-state index in [1.165, 1.54) is 199 Å². The average molecular weight is 1210 g/mol. The lowest BCUT2D eigenvalue weighted by molar-refractivity contribution is -0.870. The summed E-state index contributed by atoms with van der Waals surface area (Å²) >= 11 is 0. The van der Waals surface area contributed by atoms with E-state index in [0.29, 0.717) is 17.4 Å². The molecule has 0 rings (SSSR count). The van der Waals surface area contributed by atoms with Crippen LogP contribution in [0.3, 0.4) is 0 Å². The van der Waals surface area contributed by atoms with Crippen LogP contribution >= 0.6 is 7.82 Å². The molecule has 9 nitrogen and oxygen atoms in total. The van der Waals surface area contributed by atoms with Gasteiger partial charge in [-0.2, -0.15) is 0 Å². The van der Waals surface area contributed by atoms with Crippen molar-refractivity contribution < 1.29 is 37.3 Å². The lowest BCUT2D eigenvalue weighted by Crippen LogP contribution is -2.47. The van der Waals surface area contributed by atoms with E-state index in [4.69, 9.17) is 13.8 Å². The number of phosphoric acid groups is 1. The third kappa shape index (κ3) is 65.5. The highest BCUT2D eigenvalue weighted by molar-refractivity contribution is 7.47. The molecular formula is C75H138N2O7P+. The first kappa shape index (κ1) is 82.2. The number of hydrogen-bond donors (Lipinski definition) is 2. The van der Waals surface area contributed by atoms with Crippen LogP contribution in [-0.2, 0) is 27.9 Å². The number of carbonyl (C=O) groups is 2. The summed E-state index contributed by atoms with van der Waals surface area (Å²) in [5.41, 5.74) is 0. The molecule has 494 valence electrons. The zero-order valence-electron chi connectivity index (χ0n) is 56.6. The van der Waals surface area contributed by atoms with Crippen molar-refractivity contribution in [2.24, 2.45) is 0 Å². The zero-order chi connectivity index (χ0) is 62.1. The average Bonchev–Trinajstić information content (AvgIpc) is 3.53. The van der Waals surface area contributed by atoms with Gasteiger partial charge in [-0.1, -0.05) is 292 Å². The van der Waals surface area contributed by atoms with E-state index in [0.717, 1.165) is 96.3 Å². The van der Waals surface area contributed by atoms with Gasteiger partial charge in [0.1, 0.15) is 19.3 Å². The van der Waals surface area contributed by atoms with Gasteiger partial charge in [0.15, 0.2) is 0 Å². The number of unbranched alkanes of at least 4 members (excludes halogenated alkanes) is 37. The van der Waals surface area contributed by atoms with Gasteiger partial charge in [-0.25, -0.2) is 4.57 Å². The summed E-state index contributed by atoms with van der Waals surface area (Å²) in [4.78, 5) is 37.9. The number of ether oxygens (including phenoxy) is 1. The monoisotopic (exact) mass is 1210 g/mol. The third-order valence-electron chi connectivity index (χ3n) is 15.8. The third-order valence-corrected chi connectivity index (χ3v) is 16.8. The molecule has 0 aromatic rings. The SMILES string of the molecule is CCCCC/C=C\C/C=C\C/C=C\CCCCCCCCCCCCCCCCC(=O)NC(COP(=O)(O)OCC[N+](C)(C)C)C(/C=C\CCCCCCCCCCCCC)OC(=O)CCCCCCCC/C=C\C/C=C\C/C=C\CCCCC. The van der Waals surface area contributed by atoms with E-state index in [9.17, 15) is 19.0 Å². The van der Waals surface area contributed by atoms with Crippen molar-refractivity contribution >= 4 is 19.7 Å². The summed E-state index contributed by atoms with van der Waals surface area (Å²) in [6, 6.07) is -0.859. The van der Waals surface area contributed by atoms with E-state index in [-0.39, 0.29) is 31.5 Å². The summed E-state index contributed by atoms with van der Waals surface area (Å²) < 4.78 is 30.8. The second kappa shape index (κ2) is 64.2. The van der Waals surface area contributed by atoms with Gasteiger partial charge in [-0.05, 0) is 109 Å². The smallest absolute Gasteiger partial charge is 0.456 e. The maximum atomic E-state index is 13.6. The Morgan fingerprint density at radius 3 is 1.09 bits per heavy atom. The molecule has 0 aliphatic rings. The Kier molecular flexibility index (Phi) is 62.1. The van der Waals surface area contributed by atoms with Crippen LogP contribution in [0.4, 0.5) is 0 Å². The molecule has 0 aromatic carbocycles. The number of nitrogens with zero attached hydrogens (tertiary/aromatic N) is 1. The maximum Gasteiger partial charge on any atom is 0.472 e. The minimum absolute atomic E-state index is 0.0357. The highest BCUT2D eigenvalue weighted by Crippen LogP contribution is 2.43. The first-order chi connectivity index (χ1) is 41.4. The summed E-state index contributed by atoms with van der Waals surface area (Å²) in [6.07, 6.45) is 85.9. The lowest BCUT2D eigenvalue weighted by atomic mass is 10.0. The first-order valence-corrected chi connectivity index (χ1v) is 37.4. The fourth-order valence-electron chi connectivity index (χ4n) is 10.2. The van der Waals surface area contributed by atoms with Gasteiger partial charge in [0.25, 0.3) is 0 Å². The number of hydrogen-bond acceptors (Lipinski definition) is 6. The van der Waals surface area contributed by atoms with Crippen molar-refractivity contribution in [1.29, 1.82) is 0 Å². The molecule has 0 aromatic heterocycles. The molecule has 3 atom stereocenters. The van der Waals surface area contributed by atoms with Crippen molar-refractivity contribution in [3.05, 3.63) is 85.1 Å². The molecule has 2 N–H and O–H groups in total. The van der Waals surface area contributed by atoms with Gasteiger partial charge >= 0.3 is 13.8 Å². The number of esters is 1. The number of quaternary nitrogens is 1. The molecule has 0 radical (unpaired) electrons. The number of carbonyl (C=O) groups excluding carboxylic acids is 2. The number of likely N-dealkylation sites (N-methyl/N-ethyl adjacent to an activating group) is 1. The molecule has 85 heavy (non-hydrogen) atoms. The predicted molar refractivity (Wildman–Crippen MR) is 369 cm³/mol. The molecule has 0 saturated heterocycles. The van der Waals surface area contributed by atoms with E-state index >= 15 is 0 Å². The second-order valence-corrected chi connectivity index (χ2v) is 26.9. The molecule has 0 bridgehead atoms. The standard InChI is InChI=1S/C75H137N2O7P/c1-7-10-13-16-19-22-25-28-30-32-34-35-36-37-38-39-40-41-43-44-46-49-52-55-58-61-64-67-74(78)76-72(71-83-85(80,81)82-70-69-77(4,5)6)73(66-63-60-57-54-51-48-27-24-21-18-15-12-9-3)84-75(79)68-65-62-59-56-53-50-47-45-42-33-31-29-26-23-20-17-14-11-8-2/h19-20,22-23,28-31,34-35,42,45,63,66,72-73H,7-18,21,24-27,32-33,36-41,43-44,46-62,64-65,67-71H2,1-6H3,(H-,76,78,80,81)/p+1/b22-19-,23-20-,30-28-,31-29-,35-34-,45-42-,66-63-. The van der Waals surface area contributed by atoms with E-state index in [1.807, 2.05) is 33.3 Å². The van der Waals surface area contributed by atoms with E-state index in [2.05, 4.69) is 99.0 Å². The number of rotatable bonds is 65. The molecule has 1 amide bonds. The number of amides is 1. The minimum atomic E-state index is -4.46. The molecule has 0 spiro atoms. The Morgan fingerprint density at radius 1 is 0.412 bits per heavy atom. The van der Waals surface area contributed by atoms with Crippen molar-refractivity contribution in [3.8, 4) is 0 Å². The van der Waals surface area contributed by atoms with Crippen molar-refractivity contribution in [2.75, 3.05) is 40.9 Å². The summed E-state index contributed by atoms with van der Waals surface area (Å²) in [5, 5.41) is 3.07. The Balaban J connectivity index is 5.08. The van der Waals surface area contributed by atoms with Gasteiger partial charge in [-0.15, -0.1) is 0 Å². The van der Waals surface area contributed by atoms with E-state index < -0.39 is 20.0 Å². The van der Waals surface area contributed by atoms with Gasteiger partial charge in [0, 0.05) is 12.8 Å². The summed E-state index contributed by atoms with van der Waals surface area (Å²) in [7, 11) is 1.49. The minimum Gasteiger partial charge on any atom is -0.456 e.